The van der Waals surface area contributed by atoms with Crippen molar-refractivity contribution in [1.29, 1.82) is 0 Å². The van der Waals surface area contributed by atoms with Crippen molar-refractivity contribution >= 4 is 11.6 Å². The fourth-order valence-electron chi connectivity index (χ4n) is 2.84. The van der Waals surface area contributed by atoms with Crippen molar-refractivity contribution in [1.82, 2.24) is 5.32 Å². The Morgan fingerprint density at radius 1 is 0.909 bits per heavy atom. The van der Waals surface area contributed by atoms with Crippen molar-refractivity contribution in [2.45, 2.75) is 44.9 Å². The molecular weight excluding hydrogens is 294 g/mol. The van der Waals surface area contributed by atoms with Crippen LogP contribution in [0.15, 0.2) is 48.5 Å². The van der Waals surface area contributed by atoms with Crippen molar-refractivity contribution in [2.24, 2.45) is 0 Å². The molecule has 3 rings (SSSR count). The van der Waals surface area contributed by atoms with Crippen LogP contribution in [0.3, 0.4) is 0 Å². The van der Waals surface area contributed by atoms with Crippen LogP contribution in [0.5, 0.6) is 5.75 Å². The molecule has 0 amide bonds. The van der Waals surface area contributed by atoms with Gasteiger partial charge in [-0.1, -0.05) is 48.7 Å². The molecule has 1 aliphatic rings. The lowest BCUT2D eigenvalue weighted by atomic mass is 10.2. The van der Waals surface area contributed by atoms with Gasteiger partial charge in [0.2, 0.25) is 0 Å². The summed E-state index contributed by atoms with van der Waals surface area (Å²) in [4.78, 5) is 0. The average molecular weight is 316 g/mol. The number of halogens is 1. The molecule has 0 bridgehead atoms. The summed E-state index contributed by atoms with van der Waals surface area (Å²) in [6.07, 6.45) is 5.38. The molecule has 116 valence electrons. The van der Waals surface area contributed by atoms with E-state index in [0.29, 0.717) is 12.6 Å². The Hall–Kier alpha value is -1.51. The molecule has 0 atom stereocenters. The highest BCUT2D eigenvalue weighted by molar-refractivity contribution is 6.30. The maximum Gasteiger partial charge on any atom is 0.119 e. The molecule has 0 heterocycles. The molecule has 1 saturated carbocycles. The Morgan fingerprint density at radius 2 is 1.55 bits per heavy atom. The highest BCUT2D eigenvalue weighted by Crippen LogP contribution is 2.19. The number of nitrogens with one attached hydrogen (secondary N) is 1. The minimum atomic E-state index is 0.566. The molecule has 1 aliphatic carbocycles. The number of ether oxygens (including phenoxy) is 1. The maximum atomic E-state index is 5.88. The molecule has 3 heteroatoms. The summed E-state index contributed by atoms with van der Waals surface area (Å²) in [5.74, 6) is 0.902. The first kappa shape index (κ1) is 15.4. The van der Waals surface area contributed by atoms with E-state index < -0.39 is 0 Å². The first-order chi connectivity index (χ1) is 10.8. The smallest absolute Gasteiger partial charge is 0.119 e. The molecule has 0 spiro atoms. The van der Waals surface area contributed by atoms with Crippen LogP contribution < -0.4 is 10.1 Å². The first-order valence-electron chi connectivity index (χ1n) is 7.99. The lowest BCUT2D eigenvalue weighted by Crippen LogP contribution is -2.25. The third kappa shape index (κ3) is 4.49. The van der Waals surface area contributed by atoms with Crippen molar-refractivity contribution in [3.05, 3.63) is 64.7 Å². The van der Waals surface area contributed by atoms with Crippen molar-refractivity contribution in [3.8, 4) is 5.75 Å². The predicted octanol–water partition coefficient (Wildman–Crippen LogP) is 4.95. The molecule has 0 saturated heterocycles. The van der Waals surface area contributed by atoms with Crippen LogP contribution in [0, 0.1) is 0 Å². The molecule has 22 heavy (non-hydrogen) atoms. The van der Waals surface area contributed by atoms with Gasteiger partial charge in [0, 0.05) is 17.6 Å². The Morgan fingerprint density at radius 3 is 2.23 bits per heavy atom. The third-order valence-electron chi connectivity index (χ3n) is 4.19. The summed E-state index contributed by atoms with van der Waals surface area (Å²) in [7, 11) is 0. The lowest BCUT2D eigenvalue weighted by Gasteiger charge is -2.12. The van der Waals surface area contributed by atoms with Gasteiger partial charge in [-0.2, -0.15) is 0 Å². The number of hydrogen-bond acceptors (Lipinski definition) is 2. The largest absolute Gasteiger partial charge is 0.489 e. The molecular formula is C19H22ClNO. The predicted molar refractivity (Wildman–Crippen MR) is 91.3 cm³/mol. The van der Waals surface area contributed by atoms with E-state index in [1.807, 2.05) is 36.4 Å². The van der Waals surface area contributed by atoms with Crippen LogP contribution in [-0.4, -0.2) is 6.04 Å². The van der Waals surface area contributed by atoms with Crippen LogP contribution >= 0.6 is 11.6 Å². The minimum Gasteiger partial charge on any atom is -0.489 e. The molecule has 2 aromatic carbocycles. The number of benzene rings is 2. The van der Waals surface area contributed by atoms with Crippen LogP contribution in [-0.2, 0) is 13.2 Å². The second-order valence-electron chi connectivity index (χ2n) is 5.92. The van der Waals surface area contributed by atoms with Crippen LogP contribution in [0.25, 0.3) is 0 Å². The van der Waals surface area contributed by atoms with Gasteiger partial charge in [0.25, 0.3) is 0 Å². The van der Waals surface area contributed by atoms with E-state index in [0.717, 1.165) is 22.9 Å². The van der Waals surface area contributed by atoms with Gasteiger partial charge in [0.1, 0.15) is 12.4 Å². The second kappa shape index (κ2) is 7.66. The van der Waals surface area contributed by atoms with Crippen molar-refractivity contribution in [2.75, 3.05) is 0 Å². The first-order valence-corrected chi connectivity index (χ1v) is 8.37. The van der Waals surface area contributed by atoms with E-state index in [1.165, 1.54) is 31.2 Å². The molecule has 0 unspecified atom stereocenters. The normalized spacial score (nSPS) is 15.1. The van der Waals surface area contributed by atoms with Gasteiger partial charge in [-0.05, 0) is 48.2 Å². The summed E-state index contributed by atoms with van der Waals surface area (Å²) >= 11 is 5.88. The van der Waals surface area contributed by atoms with E-state index in [1.54, 1.807) is 0 Å². The van der Waals surface area contributed by atoms with E-state index in [2.05, 4.69) is 17.4 Å². The zero-order chi connectivity index (χ0) is 15.2. The van der Waals surface area contributed by atoms with E-state index >= 15 is 0 Å². The molecule has 1 fully saturated rings. The monoisotopic (exact) mass is 315 g/mol. The quantitative estimate of drug-likeness (QED) is 0.814. The Bertz CT molecular complexity index is 573. The van der Waals surface area contributed by atoms with Gasteiger partial charge in [-0.15, -0.1) is 0 Å². The Balaban J connectivity index is 1.47. The summed E-state index contributed by atoms with van der Waals surface area (Å²) in [6.45, 7) is 1.51. The van der Waals surface area contributed by atoms with E-state index in [-0.39, 0.29) is 0 Å². The summed E-state index contributed by atoms with van der Waals surface area (Å²) in [5, 5.41) is 4.38. The summed E-state index contributed by atoms with van der Waals surface area (Å²) in [5.41, 5.74) is 2.43. The summed E-state index contributed by atoms with van der Waals surface area (Å²) in [6, 6.07) is 16.8. The molecule has 0 radical (unpaired) electrons. The van der Waals surface area contributed by atoms with Gasteiger partial charge in [-0.25, -0.2) is 0 Å². The average Bonchev–Trinajstić information content (AvgIpc) is 3.07. The Kier molecular flexibility index (Phi) is 5.36. The fourth-order valence-corrected chi connectivity index (χ4v) is 2.97. The number of hydrogen-bond donors (Lipinski definition) is 1. The number of rotatable bonds is 6. The third-order valence-corrected chi connectivity index (χ3v) is 4.44. The van der Waals surface area contributed by atoms with E-state index in [9.17, 15) is 0 Å². The van der Waals surface area contributed by atoms with Crippen LogP contribution in [0.1, 0.15) is 36.8 Å². The molecule has 2 nitrogen and oxygen atoms in total. The molecule has 1 N–H and O–H groups in total. The standard InChI is InChI=1S/C19H22ClNO/c20-17-9-5-16(6-10-17)14-22-19-11-7-15(8-12-19)13-21-18-3-1-2-4-18/h5-12,18,21H,1-4,13-14H2. The molecule has 2 aromatic rings. The van der Waals surface area contributed by atoms with Crippen molar-refractivity contribution < 1.29 is 4.74 Å². The maximum absolute atomic E-state index is 5.88. The van der Waals surface area contributed by atoms with Crippen LogP contribution in [0.2, 0.25) is 5.02 Å². The topological polar surface area (TPSA) is 21.3 Å². The van der Waals surface area contributed by atoms with Gasteiger partial charge in [-0.3, -0.25) is 0 Å². The highest BCUT2D eigenvalue weighted by atomic mass is 35.5. The minimum absolute atomic E-state index is 0.566. The lowest BCUT2D eigenvalue weighted by molar-refractivity contribution is 0.306. The SMILES string of the molecule is Clc1ccc(COc2ccc(CNC3CCCC3)cc2)cc1. The second-order valence-corrected chi connectivity index (χ2v) is 6.36. The highest BCUT2D eigenvalue weighted by Gasteiger charge is 2.13. The van der Waals surface area contributed by atoms with Crippen LogP contribution in [0.4, 0.5) is 0 Å². The van der Waals surface area contributed by atoms with Gasteiger partial charge in [0.05, 0.1) is 0 Å². The van der Waals surface area contributed by atoms with Gasteiger partial charge in [0.15, 0.2) is 0 Å². The molecule has 0 aromatic heterocycles. The fraction of sp³-hybridized carbons (Fsp3) is 0.368. The zero-order valence-corrected chi connectivity index (χ0v) is 13.5. The summed E-state index contributed by atoms with van der Waals surface area (Å²) < 4.78 is 5.80. The van der Waals surface area contributed by atoms with Gasteiger partial charge >= 0.3 is 0 Å². The van der Waals surface area contributed by atoms with Gasteiger partial charge < -0.3 is 10.1 Å². The van der Waals surface area contributed by atoms with E-state index in [4.69, 9.17) is 16.3 Å². The zero-order valence-electron chi connectivity index (χ0n) is 12.7. The molecule has 0 aliphatic heterocycles. The Labute approximate surface area is 137 Å². The van der Waals surface area contributed by atoms with Crippen molar-refractivity contribution in [3.63, 3.8) is 0 Å².